The molecule has 3 aromatic heterocycles. The van der Waals surface area contributed by atoms with Gasteiger partial charge in [0.05, 0.1) is 19.0 Å². The van der Waals surface area contributed by atoms with Crippen molar-refractivity contribution in [1.82, 2.24) is 15.0 Å². The quantitative estimate of drug-likeness (QED) is 0.376. The third kappa shape index (κ3) is 4.25. The summed E-state index contributed by atoms with van der Waals surface area (Å²) in [7, 11) is 1.50. The van der Waals surface area contributed by atoms with Gasteiger partial charge >= 0.3 is 0 Å². The van der Waals surface area contributed by atoms with E-state index in [0.29, 0.717) is 33.9 Å². The van der Waals surface area contributed by atoms with E-state index < -0.39 is 23.4 Å². The molecule has 10 nitrogen and oxygen atoms in total. The maximum Gasteiger partial charge on any atom is 0.283 e. The molecule has 4 aromatic rings. The molecule has 0 fully saturated rings. The van der Waals surface area contributed by atoms with Gasteiger partial charge < -0.3 is 25.3 Å². The molecule has 0 unspecified atom stereocenters. The molecule has 2 aliphatic rings. The minimum atomic E-state index is -1.32. The molecule has 2 aliphatic heterocycles. The van der Waals surface area contributed by atoms with E-state index in [-0.39, 0.29) is 36.1 Å². The highest BCUT2D eigenvalue weighted by molar-refractivity contribution is 6.03. The van der Waals surface area contributed by atoms with E-state index in [0.717, 1.165) is 6.07 Å². The maximum atomic E-state index is 15.4. The number of halogens is 2. The van der Waals surface area contributed by atoms with E-state index >= 15 is 4.39 Å². The molecule has 1 spiro atoms. The number of methoxy groups -OCH3 is 1. The molecule has 0 aliphatic carbocycles. The molecule has 196 valence electrons. The summed E-state index contributed by atoms with van der Waals surface area (Å²) in [5.74, 6) is -1.43. The average molecular weight is 530 g/mol. The zero-order chi connectivity index (χ0) is 27.1. The summed E-state index contributed by atoms with van der Waals surface area (Å²) in [6.07, 6.45) is 2.98. The van der Waals surface area contributed by atoms with Crippen LogP contribution in [-0.2, 0) is 10.3 Å². The summed E-state index contributed by atoms with van der Waals surface area (Å²) in [5, 5.41) is 2.81. The second kappa shape index (κ2) is 9.31. The summed E-state index contributed by atoms with van der Waals surface area (Å²) in [4.78, 5) is 28.7. The van der Waals surface area contributed by atoms with Gasteiger partial charge in [0.1, 0.15) is 17.2 Å². The van der Waals surface area contributed by atoms with Gasteiger partial charge in [-0.1, -0.05) is 0 Å². The first-order chi connectivity index (χ1) is 18.9. The van der Waals surface area contributed by atoms with Gasteiger partial charge in [-0.05, 0) is 42.5 Å². The lowest BCUT2D eigenvalue weighted by Crippen LogP contribution is -2.42. The van der Waals surface area contributed by atoms with E-state index in [9.17, 15) is 9.18 Å². The predicted octanol–water partition coefficient (Wildman–Crippen LogP) is 4.16. The molecule has 0 radical (unpaired) electrons. The Morgan fingerprint density at radius 1 is 1.10 bits per heavy atom. The zero-order valence-corrected chi connectivity index (χ0v) is 20.4. The number of carbonyl (C=O) groups is 1. The van der Waals surface area contributed by atoms with Crippen LogP contribution in [0.15, 0.2) is 65.9 Å². The highest BCUT2D eigenvalue weighted by Crippen LogP contribution is 2.53. The van der Waals surface area contributed by atoms with Crippen LogP contribution in [-0.4, -0.2) is 40.5 Å². The number of hydrogen-bond donors (Lipinski definition) is 2. The second-order valence-electron chi connectivity index (χ2n) is 8.79. The minimum Gasteiger partial charge on any atom is -0.495 e. The number of fused-ring (bicyclic) bond motifs is 4. The van der Waals surface area contributed by atoms with Crippen molar-refractivity contribution in [2.45, 2.75) is 12.0 Å². The summed E-state index contributed by atoms with van der Waals surface area (Å²) in [5.41, 5.74) is 6.54. The Balaban J connectivity index is 1.44. The summed E-state index contributed by atoms with van der Waals surface area (Å²) in [6.45, 7) is 0.278. The molecule has 1 aromatic carbocycles. The summed E-state index contributed by atoms with van der Waals surface area (Å²) < 4.78 is 46.4. The highest BCUT2D eigenvalue weighted by Gasteiger charge is 2.48. The number of nitrogens with one attached hydrogen (secondary N) is 1. The van der Waals surface area contributed by atoms with Crippen LogP contribution in [0, 0.1) is 11.9 Å². The molecule has 12 heteroatoms. The third-order valence-corrected chi connectivity index (χ3v) is 6.49. The maximum absolute atomic E-state index is 15.4. The molecule has 1 amide bonds. The number of pyridine rings is 3. The topological polar surface area (TPSA) is 134 Å². The Labute approximate surface area is 220 Å². The van der Waals surface area contributed by atoms with Crippen molar-refractivity contribution in [3.05, 3.63) is 89.6 Å². The molecular formula is C27H20F2N6O4. The Hall–Kier alpha value is -5.13. The Bertz CT molecular complexity index is 1650. The van der Waals surface area contributed by atoms with Gasteiger partial charge in [-0.2, -0.15) is 8.78 Å². The first-order valence-corrected chi connectivity index (χ1v) is 11.8. The lowest BCUT2D eigenvalue weighted by atomic mass is 9.79. The van der Waals surface area contributed by atoms with Crippen molar-refractivity contribution < 1.29 is 27.8 Å². The lowest BCUT2D eigenvalue weighted by Gasteiger charge is -2.41. The van der Waals surface area contributed by atoms with Crippen LogP contribution < -0.4 is 20.5 Å². The molecule has 5 heterocycles. The van der Waals surface area contributed by atoms with Crippen LogP contribution >= 0.6 is 0 Å². The van der Waals surface area contributed by atoms with Crippen molar-refractivity contribution in [1.29, 1.82) is 0 Å². The fraction of sp³-hybridized carbons (Fsp3) is 0.148. The van der Waals surface area contributed by atoms with Crippen molar-refractivity contribution >= 4 is 17.6 Å². The van der Waals surface area contributed by atoms with Gasteiger partial charge in [0.2, 0.25) is 5.95 Å². The Morgan fingerprint density at radius 2 is 1.97 bits per heavy atom. The minimum absolute atomic E-state index is 0.0920. The van der Waals surface area contributed by atoms with Crippen LogP contribution in [0.1, 0.15) is 28.0 Å². The van der Waals surface area contributed by atoms with Gasteiger partial charge in [0.25, 0.3) is 17.9 Å². The highest BCUT2D eigenvalue weighted by atomic mass is 19.1. The number of aromatic nitrogens is 3. The number of amidine groups is 1. The number of carbonyl (C=O) groups excluding carboxylic acids is 1. The number of amides is 1. The number of anilines is 1. The molecule has 39 heavy (non-hydrogen) atoms. The smallest absolute Gasteiger partial charge is 0.283 e. The number of nitrogens with two attached hydrogens (primary N) is 1. The van der Waals surface area contributed by atoms with E-state index in [1.165, 1.54) is 31.6 Å². The molecule has 3 N–H and O–H groups in total. The number of rotatable bonds is 4. The number of hydrogen-bond acceptors (Lipinski definition) is 9. The Morgan fingerprint density at radius 3 is 2.72 bits per heavy atom. The van der Waals surface area contributed by atoms with E-state index in [4.69, 9.17) is 19.9 Å². The van der Waals surface area contributed by atoms with E-state index in [1.54, 1.807) is 30.3 Å². The number of nitrogens with zero attached hydrogens (tertiary/aromatic N) is 4. The Kier molecular flexibility index (Phi) is 5.78. The molecular weight excluding hydrogens is 510 g/mol. The monoisotopic (exact) mass is 530 g/mol. The SMILES string of the molecule is COc1ccc(C(=O)Nc2ccc3c(c2)[C@@]2(CCN=C(N)O2)c2cc(-c4ccnc(F)c4)nc(F)c2O3)nc1. The van der Waals surface area contributed by atoms with Crippen molar-refractivity contribution in [2.24, 2.45) is 10.7 Å². The third-order valence-electron chi connectivity index (χ3n) is 6.49. The average Bonchev–Trinajstić information content (AvgIpc) is 2.94. The van der Waals surface area contributed by atoms with Crippen LogP contribution in [0.5, 0.6) is 17.2 Å². The van der Waals surface area contributed by atoms with Crippen LogP contribution in [0.2, 0.25) is 0 Å². The van der Waals surface area contributed by atoms with Crippen LogP contribution in [0.25, 0.3) is 11.3 Å². The van der Waals surface area contributed by atoms with Gasteiger partial charge in [-0.3, -0.25) is 4.79 Å². The van der Waals surface area contributed by atoms with Gasteiger partial charge in [-0.25, -0.2) is 19.9 Å². The molecule has 1 atom stereocenters. The lowest BCUT2D eigenvalue weighted by molar-refractivity contribution is 0.0624. The normalized spacial score (nSPS) is 17.3. The molecule has 0 bridgehead atoms. The van der Waals surface area contributed by atoms with Crippen molar-refractivity contribution in [3.63, 3.8) is 0 Å². The molecule has 6 rings (SSSR count). The standard InChI is InChI=1S/C27H20F2N6O4/c1-37-16-3-4-19(33-13-16)25(36)34-15-2-5-21-17(11-15)27(7-9-32-26(30)39-27)18-12-20(35-24(29)23(18)38-21)14-6-8-31-22(28)10-14/h2-6,8,10-13H,7,9H2,1H3,(H2,30,32)(H,34,36)/t27-/m0/s1. The second-order valence-corrected chi connectivity index (χ2v) is 8.79. The van der Waals surface area contributed by atoms with Crippen LogP contribution in [0.3, 0.4) is 0 Å². The largest absolute Gasteiger partial charge is 0.495 e. The first kappa shape index (κ1) is 24.2. The molecule has 0 saturated carbocycles. The van der Waals surface area contributed by atoms with E-state index in [2.05, 4.69) is 25.3 Å². The fourth-order valence-corrected chi connectivity index (χ4v) is 4.67. The zero-order valence-electron chi connectivity index (χ0n) is 20.4. The van der Waals surface area contributed by atoms with Crippen LogP contribution in [0.4, 0.5) is 14.5 Å². The number of benzene rings is 1. The van der Waals surface area contributed by atoms with Crippen molar-refractivity contribution in [3.8, 4) is 28.5 Å². The van der Waals surface area contributed by atoms with Crippen molar-refractivity contribution in [2.75, 3.05) is 19.0 Å². The summed E-state index contributed by atoms with van der Waals surface area (Å²) in [6, 6.07) is 12.2. The summed E-state index contributed by atoms with van der Waals surface area (Å²) >= 11 is 0. The molecule has 0 saturated heterocycles. The van der Waals surface area contributed by atoms with E-state index in [1.807, 2.05) is 0 Å². The predicted molar refractivity (Wildman–Crippen MR) is 136 cm³/mol. The first-order valence-electron chi connectivity index (χ1n) is 11.8. The van der Waals surface area contributed by atoms with Gasteiger partial charge in [0.15, 0.2) is 11.4 Å². The fourth-order valence-electron chi connectivity index (χ4n) is 4.67. The number of ether oxygens (including phenoxy) is 3. The van der Waals surface area contributed by atoms with Gasteiger partial charge in [-0.15, -0.1) is 0 Å². The number of aliphatic imine (C=N–C) groups is 1. The van der Waals surface area contributed by atoms with Gasteiger partial charge in [0, 0.05) is 47.6 Å².